The molecule has 0 fully saturated rings. The second-order valence-corrected chi connectivity index (χ2v) is 16.5. The molecule has 0 N–H and O–H groups in total. The minimum absolute atomic E-state index is 0.162. The van der Waals surface area contributed by atoms with Crippen molar-refractivity contribution >= 4 is 77.1 Å². The number of benzene rings is 1. The van der Waals surface area contributed by atoms with Gasteiger partial charge in [0.05, 0.1) is 18.7 Å². The van der Waals surface area contributed by atoms with E-state index in [1.54, 1.807) is 12.1 Å². The van der Waals surface area contributed by atoms with Crippen LogP contribution in [0.1, 0.15) is 76.8 Å². The number of hydrogen-bond donors (Lipinski definition) is 0. The average molecular weight is 794 g/mol. The maximum absolute atomic E-state index is 15.3. The smallest absolute Gasteiger partial charge is 0.171 e. The molecule has 0 amide bonds. The summed E-state index contributed by atoms with van der Waals surface area (Å²) in [7, 11) is 0. The maximum Gasteiger partial charge on any atom is 0.171 e. The molecule has 0 aliphatic carbocycles. The molecule has 2 unspecified atom stereocenters. The number of halogens is 7. The molecule has 0 nitrogen and oxygen atoms in total. The Morgan fingerprint density at radius 3 is 1.62 bits per heavy atom. The first kappa shape index (κ1) is 31.6. The topological polar surface area (TPSA) is 0 Å². The molecule has 3 aromatic rings. The first-order valence-corrected chi connectivity index (χ1v) is 17.1. The van der Waals surface area contributed by atoms with Crippen LogP contribution in [0.15, 0.2) is 19.7 Å². The van der Waals surface area contributed by atoms with E-state index in [1.165, 1.54) is 32.1 Å². The quantitative estimate of drug-likeness (QED) is 0.0532. The number of rotatable bonds is 13. The van der Waals surface area contributed by atoms with Gasteiger partial charge in [-0.3, -0.25) is 0 Å². The highest BCUT2D eigenvalue weighted by molar-refractivity contribution is 14.1. The number of hydrogen-bond acceptors (Lipinski definition) is 2. The van der Waals surface area contributed by atoms with E-state index in [0.29, 0.717) is 20.0 Å². The normalized spacial score (nSPS) is 13.4. The summed E-state index contributed by atoms with van der Waals surface area (Å²) in [5.74, 6) is -5.05. The van der Waals surface area contributed by atoms with E-state index in [-0.39, 0.29) is 9.75 Å². The second kappa shape index (κ2) is 14.6. The third kappa shape index (κ3) is 8.04. The molecule has 0 bridgehead atoms. The van der Waals surface area contributed by atoms with Crippen LogP contribution in [0.2, 0.25) is 0 Å². The van der Waals surface area contributed by atoms with Gasteiger partial charge in [0, 0.05) is 13.7 Å². The van der Waals surface area contributed by atoms with Crippen molar-refractivity contribution in [1.82, 2.24) is 0 Å². The Bertz CT molecular complexity index is 1180. The molecule has 0 radical (unpaired) electrons. The summed E-state index contributed by atoms with van der Waals surface area (Å²) in [6.45, 7) is 6.38. The van der Waals surface area contributed by atoms with Crippen LogP contribution in [0.25, 0.3) is 20.9 Å². The van der Waals surface area contributed by atoms with Gasteiger partial charge >= 0.3 is 0 Å². The second-order valence-electron chi connectivity index (χ2n) is 9.68. The third-order valence-corrected chi connectivity index (χ3v) is 10.8. The van der Waals surface area contributed by atoms with Crippen LogP contribution in [0.3, 0.4) is 0 Å². The zero-order valence-electron chi connectivity index (χ0n) is 21.1. The van der Waals surface area contributed by atoms with Gasteiger partial charge in [0.2, 0.25) is 0 Å². The Kier molecular flexibility index (Phi) is 12.5. The van der Waals surface area contributed by atoms with Crippen molar-refractivity contribution in [1.29, 1.82) is 0 Å². The van der Waals surface area contributed by atoms with Crippen LogP contribution in [-0.2, 0) is 12.8 Å². The van der Waals surface area contributed by atoms with Crippen molar-refractivity contribution in [3.63, 3.8) is 0 Å². The monoisotopic (exact) mass is 792 g/mol. The summed E-state index contributed by atoms with van der Waals surface area (Å²) >= 11 is 11.4. The standard InChI is InChI=1S/C28H31Br2F4IS2/c1-4-5-6-7-8-9-10-15(2)11-17-13-19(36-27(17)29)21-23(31)25(33)22(26(34)24(21)32)20-14-18(12-16(3)35)28(30)37-20/h13-16H,4-12H2,1-3H3. The van der Waals surface area contributed by atoms with Gasteiger partial charge in [-0.15, -0.1) is 22.7 Å². The number of unbranched alkanes of at least 4 members (excludes halogenated alkanes) is 5. The average Bonchev–Trinajstić information content (AvgIpc) is 3.36. The lowest BCUT2D eigenvalue weighted by Gasteiger charge is -2.11. The van der Waals surface area contributed by atoms with E-state index in [0.717, 1.165) is 56.8 Å². The molecule has 2 atom stereocenters. The third-order valence-electron chi connectivity index (χ3n) is 6.39. The van der Waals surface area contributed by atoms with Gasteiger partial charge in [-0.25, -0.2) is 17.6 Å². The molecule has 0 aliphatic rings. The maximum atomic E-state index is 15.3. The molecule has 3 rings (SSSR count). The highest BCUT2D eigenvalue weighted by Crippen LogP contribution is 2.45. The molecule has 0 spiro atoms. The van der Waals surface area contributed by atoms with Crippen LogP contribution < -0.4 is 0 Å². The summed E-state index contributed by atoms with van der Waals surface area (Å²) in [5.41, 5.74) is 0.464. The highest BCUT2D eigenvalue weighted by Gasteiger charge is 2.30. The van der Waals surface area contributed by atoms with E-state index in [2.05, 4.69) is 68.3 Å². The van der Waals surface area contributed by atoms with E-state index < -0.39 is 34.4 Å². The number of thiophene rings is 2. The van der Waals surface area contributed by atoms with Gasteiger partial charge in [-0.1, -0.05) is 88.3 Å². The summed E-state index contributed by atoms with van der Waals surface area (Å²) < 4.78 is 62.8. The first-order valence-electron chi connectivity index (χ1n) is 12.6. The van der Waals surface area contributed by atoms with E-state index in [1.807, 2.05) is 6.92 Å². The Morgan fingerprint density at radius 1 is 0.730 bits per heavy atom. The van der Waals surface area contributed by atoms with Gasteiger partial charge < -0.3 is 0 Å². The fourth-order valence-electron chi connectivity index (χ4n) is 4.46. The Morgan fingerprint density at radius 2 is 1.16 bits per heavy atom. The fourth-order valence-corrected chi connectivity index (χ4v) is 8.43. The summed E-state index contributed by atoms with van der Waals surface area (Å²) in [6, 6.07) is 3.27. The highest BCUT2D eigenvalue weighted by atomic mass is 127. The van der Waals surface area contributed by atoms with Gasteiger partial charge in [0.1, 0.15) is 0 Å². The molecular weight excluding hydrogens is 763 g/mol. The molecule has 2 heterocycles. The van der Waals surface area contributed by atoms with Crippen LogP contribution in [-0.4, -0.2) is 3.92 Å². The van der Waals surface area contributed by atoms with Crippen molar-refractivity contribution in [3.8, 4) is 20.9 Å². The van der Waals surface area contributed by atoms with E-state index >= 15 is 17.6 Å². The molecule has 1 aromatic carbocycles. The summed E-state index contributed by atoms with van der Waals surface area (Å²) in [6.07, 6.45) is 9.87. The predicted molar refractivity (Wildman–Crippen MR) is 166 cm³/mol. The van der Waals surface area contributed by atoms with Crippen LogP contribution in [0.4, 0.5) is 17.6 Å². The van der Waals surface area contributed by atoms with Gasteiger partial charge in [-0.05, 0) is 73.9 Å². The molecule has 0 saturated heterocycles. The molecule has 2 aromatic heterocycles. The van der Waals surface area contributed by atoms with Crippen molar-refractivity contribution < 1.29 is 17.6 Å². The van der Waals surface area contributed by atoms with Gasteiger partial charge in [0.15, 0.2) is 23.3 Å². The zero-order valence-corrected chi connectivity index (χ0v) is 28.1. The zero-order chi connectivity index (χ0) is 27.3. The molecule has 9 heteroatoms. The Hall–Kier alpha value is 0.0300. The van der Waals surface area contributed by atoms with Crippen molar-refractivity contribution in [2.45, 2.75) is 82.5 Å². The lowest BCUT2D eigenvalue weighted by molar-refractivity contribution is 0.463. The largest absolute Gasteiger partial charge is 0.203 e. The van der Waals surface area contributed by atoms with Crippen LogP contribution in [0.5, 0.6) is 0 Å². The minimum Gasteiger partial charge on any atom is -0.203 e. The molecular formula is C28H31Br2F4IS2. The minimum atomic E-state index is -1.36. The molecule has 0 aliphatic heterocycles. The van der Waals surface area contributed by atoms with Gasteiger partial charge in [-0.2, -0.15) is 0 Å². The number of alkyl halides is 1. The lowest BCUT2D eigenvalue weighted by atomic mass is 9.96. The van der Waals surface area contributed by atoms with Crippen molar-refractivity contribution in [2.75, 3.05) is 0 Å². The molecule has 204 valence electrons. The summed E-state index contributed by atoms with van der Waals surface area (Å²) in [4.78, 5) is 0.342. The van der Waals surface area contributed by atoms with E-state index in [4.69, 9.17) is 0 Å². The first-order chi connectivity index (χ1) is 17.5. The summed E-state index contributed by atoms with van der Waals surface area (Å²) in [5, 5.41) is 0. The predicted octanol–water partition coefficient (Wildman–Crippen LogP) is 12.5. The Labute approximate surface area is 256 Å². The van der Waals surface area contributed by atoms with Crippen molar-refractivity contribution in [2.24, 2.45) is 5.92 Å². The van der Waals surface area contributed by atoms with Crippen molar-refractivity contribution in [3.05, 3.63) is 54.1 Å². The van der Waals surface area contributed by atoms with Crippen LogP contribution >= 0.6 is 77.1 Å². The van der Waals surface area contributed by atoms with E-state index in [9.17, 15) is 0 Å². The van der Waals surface area contributed by atoms with Gasteiger partial charge in [0.25, 0.3) is 0 Å². The molecule has 37 heavy (non-hydrogen) atoms. The molecule has 0 saturated carbocycles. The van der Waals surface area contributed by atoms with Crippen LogP contribution in [0, 0.1) is 29.2 Å². The SMILES string of the molecule is CCCCCCCCC(C)Cc1cc(-c2c(F)c(F)c(-c3cc(CC(C)I)c(Br)s3)c(F)c2F)sc1Br. The fraction of sp³-hybridized carbons (Fsp3) is 0.500. The lowest BCUT2D eigenvalue weighted by Crippen LogP contribution is -2.02. The Balaban J connectivity index is 1.83.